The molecule has 0 radical (unpaired) electrons. The van der Waals surface area contributed by atoms with Gasteiger partial charge in [0.25, 0.3) is 0 Å². The number of anilines is 1. The van der Waals surface area contributed by atoms with Crippen molar-refractivity contribution in [3.63, 3.8) is 0 Å². The van der Waals surface area contributed by atoms with Crippen LogP contribution in [0.2, 0.25) is 0 Å². The molecule has 5 rings (SSSR count). The number of piperidine rings is 1. The van der Waals surface area contributed by atoms with E-state index in [1.807, 2.05) is 0 Å². The molecule has 3 heterocycles. The summed E-state index contributed by atoms with van der Waals surface area (Å²) in [5.74, 6) is 3.50. The molecular formula is C22H34N6. The molecule has 2 N–H and O–H groups in total. The molecule has 2 aromatic heterocycles. The quantitative estimate of drug-likeness (QED) is 0.786. The molecular weight excluding hydrogens is 348 g/mol. The van der Waals surface area contributed by atoms with Gasteiger partial charge >= 0.3 is 0 Å². The van der Waals surface area contributed by atoms with E-state index in [0.29, 0.717) is 12.0 Å². The van der Waals surface area contributed by atoms with E-state index in [-0.39, 0.29) is 0 Å². The second kappa shape index (κ2) is 7.97. The van der Waals surface area contributed by atoms with Crippen LogP contribution in [0, 0.1) is 12.8 Å². The molecule has 1 saturated heterocycles. The van der Waals surface area contributed by atoms with Gasteiger partial charge in [0.2, 0.25) is 5.95 Å². The smallest absolute Gasteiger partial charge is 0.225 e. The van der Waals surface area contributed by atoms with E-state index in [9.17, 15) is 0 Å². The number of imidazole rings is 1. The lowest BCUT2D eigenvalue weighted by atomic mass is 9.88. The van der Waals surface area contributed by atoms with E-state index in [1.54, 1.807) is 0 Å². The van der Waals surface area contributed by atoms with Gasteiger partial charge in [-0.2, -0.15) is 4.98 Å². The molecule has 1 aliphatic heterocycles. The van der Waals surface area contributed by atoms with Crippen LogP contribution in [-0.4, -0.2) is 38.7 Å². The highest BCUT2D eigenvalue weighted by molar-refractivity contribution is 5.75. The zero-order chi connectivity index (χ0) is 18.9. The first-order valence-corrected chi connectivity index (χ1v) is 11.5. The summed E-state index contributed by atoms with van der Waals surface area (Å²) < 4.78 is 2.47. The van der Waals surface area contributed by atoms with Crippen LogP contribution in [-0.2, 0) is 6.54 Å². The third-order valence-electron chi connectivity index (χ3n) is 6.90. The van der Waals surface area contributed by atoms with Crippen molar-refractivity contribution in [2.75, 3.05) is 18.4 Å². The lowest BCUT2D eigenvalue weighted by Crippen LogP contribution is -2.28. The van der Waals surface area contributed by atoms with Gasteiger partial charge in [-0.15, -0.1) is 0 Å². The first-order valence-electron chi connectivity index (χ1n) is 11.5. The molecule has 0 spiro atoms. The Morgan fingerprint density at radius 1 is 0.964 bits per heavy atom. The van der Waals surface area contributed by atoms with Crippen LogP contribution in [0.1, 0.15) is 81.6 Å². The zero-order valence-corrected chi connectivity index (χ0v) is 17.2. The Bertz CT molecular complexity index is 812. The first kappa shape index (κ1) is 18.3. The molecule has 0 aromatic carbocycles. The van der Waals surface area contributed by atoms with Gasteiger partial charge in [-0.3, -0.25) is 0 Å². The van der Waals surface area contributed by atoms with Crippen molar-refractivity contribution in [3.05, 3.63) is 11.5 Å². The Labute approximate surface area is 167 Å². The molecule has 3 fully saturated rings. The topological polar surface area (TPSA) is 67.7 Å². The number of aryl methyl sites for hydroxylation is 2. The molecule has 2 aromatic rings. The summed E-state index contributed by atoms with van der Waals surface area (Å²) in [6, 6.07) is 0.570. The minimum Gasteiger partial charge on any atom is -0.351 e. The number of rotatable bonds is 6. The van der Waals surface area contributed by atoms with Gasteiger partial charge in [-0.25, -0.2) is 9.97 Å². The maximum atomic E-state index is 5.13. The van der Waals surface area contributed by atoms with E-state index in [2.05, 4.69) is 22.1 Å². The summed E-state index contributed by atoms with van der Waals surface area (Å²) in [7, 11) is 0. The van der Waals surface area contributed by atoms with E-state index in [1.165, 1.54) is 83.1 Å². The largest absolute Gasteiger partial charge is 0.351 e. The van der Waals surface area contributed by atoms with Crippen molar-refractivity contribution in [1.29, 1.82) is 0 Å². The van der Waals surface area contributed by atoms with Gasteiger partial charge < -0.3 is 15.2 Å². The molecule has 28 heavy (non-hydrogen) atoms. The van der Waals surface area contributed by atoms with E-state index in [0.717, 1.165) is 35.3 Å². The van der Waals surface area contributed by atoms with Crippen molar-refractivity contribution < 1.29 is 0 Å². The summed E-state index contributed by atoms with van der Waals surface area (Å²) >= 11 is 0. The van der Waals surface area contributed by atoms with Crippen molar-refractivity contribution >= 4 is 17.1 Å². The standard InChI is InChI=1S/C22H34N6/c1-15-19-21(27-22(24-15)25-18-7-8-18)28(14-11-16-9-12-23-13-10-16)20(26-19)17-5-3-2-4-6-17/h16-18,23H,2-14H2,1H3,(H,24,25,27). The molecule has 2 aliphatic carbocycles. The van der Waals surface area contributed by atoms with Crippen LogP contribution < -0.4 is 10.6 Å². The van der Waals surface area contributed by atoms with Crippen molar-refractivity contribution in [2.24, 2.45) is 5.92 Å². The Hall–Kier alpha value is -1.69. The Balaban J connectivity index is 1.48. The highest BCUT2D eigenvalue weighted by Gasteiger charge is 2.27. The number of nitrogens with one attached hydrogen (secondary N) is 2. The highest BCUT2D eigenvalue weighted by atomic mass is 15.2. The summed E-state index contributed by atoms with van der Waals surface area (Å²) in [6.45, 7) is 5.48. The van der Waals surface area contributed by atoms with Crippen LogP contribution in [0.15, 0.2) is 0 Å². The Kier molecular flexibility index (Phi) is 5.22. The van der Waals surface area contributed by atoms with Gasteiger partial charge in [0.15, 0.2) is 5.65 Å². The third-order valence-corrected chi connectivity index (χ3v) is 6.90. The number of fused-ring (bicyclic) bond motifs is 1. The summed E-state index contributed by atoms with van der Waals surface area (Å²) in [4.78, 5) is 14.8. The molecule has 0 atom stereocenters. The maximum absolute atomic E-state index is 5.13. The second-order valence-electron chi connectivity index (χ2n) is 9.16. The fraction of sp³-hybridized carbons (Fsp3) is 0.773. The molecule has 3 aliphatic rings. The maximum Gasteiger partial charge on any atom is 0.225 e. The van der Waals surface area contributed by atoms with Gasteiger partial charge in [0.05, 0.1) is 5.69 Å². The first-order chi connectivity index (χ1) is 13.8. The molecule has 2 saturated carbocycles. The monoisotopic (exact) mass is 382 g/mol. The second-order valence-corrected chi connectivity index (χ2v) is 9.16. The predicted molar refractivity (Wildman–Crippen MR) is 113 cm³/mol. The molecule has 6 heteroatoms. The van der Waals surface area contributed by atoms with E-state index in [4.69, 9.17) is 15.0 Å². The van der Waals surface area contributed by atoms with Gasteiger partial charge in [-0.05, 0) is 70.9 Å². The molecule has 6 nitrogen and oxygen atoms in total. The Morgan fingerprint density at radius 2 is 1.75 bits per heavy atom. The number of hydrogen-bond donors (Lipinski definition) is 2. The minimum atomic E-state index is 0.570. The molecule has 152 valence electrons. The van der Waals surface area contributed by atoms with Crippen LogP contribution >= 0.6 is 0 Å². The van der Waals surface area contributed by atoms with Gasteiger partial charge in [0, 0.05) is 18.5 Å². The fourth-order valence-electron chi connectivity index (χ4n) is 5.00. The normalized spacial score (nSPS) is 22.0. The third kappa shape index (κ3) is 3.88. The lowest BCUT2D eigenvalue weighted by molar-refractivity contribution is 0.333. The minimum absolute atomic E-state index is 0.570. The van der Waals surface area contributed by atoms with Gasteiger partial charge in [0.1, 0.15) is 11.3 Å². The number of hydrogen-bond acceptors (Lipinski definition) is 5. The summed E-state index contributed by atoms with van der Waals surface area (Å²) in [6.07, 6.45) is 12.9. The summed E-state index contributed by atoms with van der Waals surface area (Å²) in [5.41, 5.74) is 3.10. The number of aromatic nitrogens is 4. The van der Waals surface area contributed by atoms with Crippen LogP contribution in [0.5, 0.6) is 0 Å². The lowest BCUT2D eigenvalue weighted by Gasteiger charge is -2.25. The molecule has 0 bridgehead atoms. The van der Waals surface area contributed by atoms with E-state index < -0.39 is 0 Å². The van der Waals surface area contributed by atoms with Crippen molar-refractivity contribution in [3.8, 4) is 0 Å². The predicted octanol–water partition coefficient (Wildman–Crippen LogP) is 4.15. The highest BCUT2D eigenvalue weighted by Crippen LogP contribution is 2.35. The van der Waals surface area contributed by atoms with Gasteiger partial charge in [-0.1, -0.05) is 19.3 Å². The molecule has 0 unspecified atom stereocenters. The van der Waals surface area contributed by atoms with Crippen LogP contribution in [0.3, 0.4) is 0 Å². The molecule has 0 amide bonds. The number of nitrogens with zero attached hydrogens (tertiary/aromatic N) is 4. The average molecular weight is 383 g/mol. The van der Waals surface area contributed by atoms with Crippen LogP contribution in [0.4, 0.5) is 5.95 Å². The van der Waals surface area contributed by atoms with Crippen molar-refractivity contribution in [1.82, 2.24) is 24.8 Å². The fourth-order valence-corrected chi connectivity index (χ4v) is 5.00. The van der Waals surface area contributed by atoms with E-state index >= 15 is 0 Å². The Morgan fingerprint density at radius 3 is 2.50 bits per heavy atom. The average Bonchev–Trinajstić information content (AvgIpc) is 3.46. The summed E-state index contributed by atoms with van der Waals surface area (Å²) in [5, 5.41) is 6.99. The SMILES string of the molecule is Cc1nc(NC2CC2)nc2c1nc(C1CCCCC1)n2CCC1CCNCC1. The van der Waals surface area contributed by atoms with Crippen molar-refractivity contribution in [2.45, 2.75) is 89.6 Å². The zero-order valence-electron chi connectivity index (χ0n) is 17.2. The van der Waals surface area contributed by atoms with Crippen LogP contribution in [0.25, 0.3) is 11.2 Å².